The minimum Gasteiger partial charge on any atom is -0.462 e. The van der Waals surface area contributed by atoms with Gasteiger partial charge in [0.15, 0.2) is 0 Å². The zero-order valence-electron chi connectivity index (χ0n) is 8.49. The molecule has 76 valence electrons. The van der Waals surface area contributed by atoms with Crippen molar-refractivity contribution >= 4 is 5.97 Å². The van der Waals surface area contributed by atoms with Crippen molar-refractivity contribution in [1.29, 1.82) is 0 Å². The molecule has 3 heteroatoms. The van der Waals surface area contributed by atoms with E-state index in [2.05, 4.69) is 0 Å². The highest BCUT2D eigenvalue weighted by Gasteiger charge is 2.13. The van der Waals surface area contributed by atoms with Crippen LogP contribution in [-0.4, -0.2) is 12.6 Å². The number of ether oxygens (including phenoxy) is 1. The first-order valence-corrected chi connectivity index (χ1v) is 4.68. The van der Waals surface area contributed by atoms with E-state index in [9.17, 15) is 4.79 Å². The third-order valence-corrected chi connectivity index (χ3v) is 1.95. The van der Waals surface area contributed by atoms with Crippen molar-refractivity contribution in [3.8, 4) is 0 Å². The maximum atomic E-state index is 11.5. The molecule has 0 spiro atoms. The van der Waals surface area contributed by atoms with Gasteiger partial charge in [-0.1, -0.05) is 18.2 Å². The summed E-state index contributed by atoms with van der Waals surface area (Å²) in [6.07, 6.45) is 0. The van der Waals surface area contributed by atoms with Gasteiger partial charge < -0.3 is 10.5 Å². The summed E-state index contributed by atoms with van der Waals surface area (Å²) in [4.78, 5) is 11.5. The third-order valence-electron chi connectivity index (χ3n) is 1.95. The molecule has 0 aliphatic heterocycles. The van der Waals surface area contributed by atoms with Gasteiger partial charge in [0.2, 0.25) is 0 Å². The van der Waals surface area contributed by atoms with Gasteiger partial charge in [0.05, 0.1) is 12.2 Å². The van der Waals surface area contributed by atoms with E-state index in [-0.39, 0.29) is 12.0 Å². The lowest BCUT2D eigenvalue weighted by molar-refractivity contribution is 0.0524. The Morgan fingerprint density at radius 1 is 1.50 bits per heavy atom. The summed E-state index contributed by atoms with van der Waals surface area (Å²) >= 11 is 0. The van der Waals surface area contributed by atoms with E-state index in [1.807, 2.05) is 19.1 Å². The van der Waals surface area contributed by atoms with E-state index in [1.165, 1.54) is 0 Å². The number of rotatable bonds is 3. The van der Waals surface area contributed by atoms with Gasteiger partial charge in [-0.2, -0.15) is 0 Å². The van der Waals surface area contributed by atoms with Crippen molar-refractivity contribution in [1.82, 2.24) is 0 Å². The minimum absolute atomic E-state index is 0.157. The summed E-state index contributed by atoms with van der Waals surface area (Å²) in [5.74, 6) is -0.305. The monoisotopic (exact) mass is 193 g/mol. The Morgan fingerprint density at radius 2 is 2.14 bits per heavy atom. The van der Waals surface area contributed by atoms with Crippen molar-refractivity contribution in [2.45, 2.75) is 19.9 Å². The van der Waals surface area contributed by atoms with E-state index < -0.39 is 0 Å². The number of esters is 1. The van der Waals surface area contributed by atoms with Crippen LogP contribution in [0.1, 0.15) is 35.8 Å². The minimum atomic E-state index is -0.305. The van der Waals surface area contributed by atoms with Crippen LogP contribution in [0.4, 0.5) is 0 Å². The van der Waals surface area contributed by atoms with Gasteiger partial charge in [0.1, 0.15) is 0 Å². The second kappa shape index (κ2) is 4.77. The first-order valence-electron chi connectivity index (χ1n) is 4.68. The molecule has 1 aromatic rings. The van der Waals surface area contributed by atoms with Gasteiger partial charge in [-0.25, -0.2) is 4.79 Å². The molecule has 3 nitrogen and oxygen atoms in total. The second-order valence-corrected chi connectivity index (χ2v) is 3.10. The number of carbonyl (C=O) groups is 1. The Hall–Kier alpha value is -1.35. The Morgan fingerprint density at radius 3 is 2.71 bits per heavy atom. The highest BCUT2D eigenvalue weighted by atomic mass is 16.5. The van der Waals surface area contributed by atoms with Crippen LogP contribution in [0.2, 0.25) is 0 Å². The SMILES string of the molecule is CCOC(=O)c1ccccc1[C@@H](C)N. The lowest BCUT2D eigenvalue weighted by Crippen LogP contribution is -2.13. The summed E-state index contributed by atoms with van der Waals surface area (Å²) in [5, 5.41) is 0. The number of carbonyl (C=O) groups excluding carboxylic acids is 1. The largest absolute Gasteiger partial charge is 0.462 e. The molecule has 0 amide bonds. The highest BCUT2D eigenvalue weighted by molar-refractivity contribution is 5.91. The summed E-state index contributed by atoms with van der Waals surface area (Å²) in [6.45, 7) is 4.01. The number of hydrogen-bond donors (Lipinski definition) is 1. The molecule has 0 saturated heterocycles. The number of benzene rings is 1. The van der Waals surface area contributed by atoms with Crippen LogP contribution in [0.15, 0.2) is 24.3 Å². The number of nitrogens with two attached hydrogens (primary N) is 1. The predicted molar refractivity (Wildman–Crippen MR) is 55.0 cm³/mol. The molecule has 2 N–H and O–H groups in total. The molecule has 0 aliphatic rings. The Bertz CT molecular complexity index is 321. The fourth-order valence-corrected chi connectivity index (χ4v) is 1.29. The highest BCUT2D eigenvalue weighted by Crippen LogP contribution is 2.16. The molecule has 0 fully saturated rings. The van der Waals surface area contributed by atoms with E-state index in [1.54, 1.807) is 19.1 Å². The number of hydrogen-bond acceptors (Lipinski definition) is 3. The molecule has 0 radical (unpaired) electrons. The van der Waals surface area contributed by atoms with E-state index in [0.29, 0.717) is 12.2 Å². The Kier molecular flexibility index (Phi) is 3.65. The quantitative estimate of drug-likeness (QED) is 0.746. The summed E-state index contributed by atoms with van der Waals surface area (Å²) in [6, 6.07) is 7.09. The summed E-state index contributed by atoms with van der Waals surface area (Å²) in [5.41, 5.74) is 7.13. The standard InChI is InChI=1S/C11H15NO2/c1-3-14-11(13)10-7-5-4-6-9(10)8(2)12/h4-8H,3,12H2,1-2H3/t8-/m1/s1. The Balaban J connectivity index is 3.00. The van der Waals surface area contributed by atoms with Crippen LogP contribution in [-0.2, 0) is 4.74 Å². The van der Waals surface area contributed by atoms with Crippen molar-refractivity contribution in [3.05, 3.63) is 35.4 Å². The molecule has 0 aliphatic carbocycles. The van der Waals surface area contributed by atoms with Gasteiger partial charge in [-0.05, 0) is 25.5 Å². The molecule has 0 unspecified atom stereocenters. The maximum absolute atomic E-state index is 11.5. The smallest absolute Gasteiger partial charge is 0.338 e. The van der Waals surface area contributed by atoms with Crippen molar-refractivity contribution in [2.75, 3.05) is 6.61 Å². The van der Waals surface area contributed by atoms with Gasteiger partial charge in [-0.15, -0.1) is 0 Å². The average molecular weight is 193 g/mol. The zero-order chi connectivity index (χ0) is 10.6. The normalized spacial score (nSPS) is 12.2. The van der Waals surface area contributed by atoms with Gasteiger partial charge >= 0.3 is 5.97 Å². The predicted octanol–water partition coefficient (Wildman–Crippen LogP) is 1.88. The van der Waals surface area contributed by atoms with E-state index >= 15 is 0 Å². The van der Waals surface area contributed by atoms with Crippen LogP contribution in [0.3, 0.4) is 0 Å². The third kappa shape index (κ3) is 2.33. The summed E-state index contributed by atoms with van der Waals surface area (Å²) < 4.78 is 4.92. The molecule has 0 aromatic heterocycles. The van der Waals surface area contributed by atoms with E-state index in [4.69, 9.17) is 10.5 Å². The molecule has 0 bridgehead atoms. The topological polar surface area (TPSA) is 52.3 Å². The van der Waals surface area contributed by atoms with Gasteiger partial charge in [0, 0.05) is 6.04 Å². The molecule has 0 heterocycles. The van der Waals surface area contributed by atoms with Crippen LogP contribution in [0, 0.1) is 0 Å². The fourth-order valence-electron chi connectivity index (χ4n) is 1.29. The molecular weight excluding hydrogens is 178 g/mol. The molecular formula is C11H15NO2. The van der Waals surface area contributed by atoms with Crippen molar-refractivity contribution < 1.29 is 9.53 Å². The van der Waals surface area contributed by atoms with Gasteiger partial charge in [0.25, 0.3) is 0 Å². The molecule has 1 atom stereocenters. The van der Waals surface area contributed by atoms with Crippen LogP contribution in [0.5, 0.6) is 0 Å². The maximum Gasteiger partial charge on any atom is 0.338 e. The Labute approximate surface area is 83.9 Å². The lowest BCUT2D eigenvalue weighted by atomic mass is 10.0. The first-order chi connectivity index (χ1) is 6.66. The van der Waals surface area contributed by atoms with Crippen LogP contribution in [0.25, 0.3) is 0 Å². The average Bonchev–Trinajstić information content (AvgIpc) is 2.18. The molecule has 1 aromatic carbocycles. The van der Waals surface area contributed by atoms with Crippen molar-refractivity contribution in [3.63, 3.8) is 0 Å². The zero-order valence-corrected chi connectivity index (χ0v) is 8.49. The molecule has 14 heavy (non-hydrogen) atoms. The lowest BCUT2D eigenvalue weighted by Gasteiger charge is -2.10. The van der Waals surface area contributed by atoms with Crippen molar-refractivity contribution in [2.24, 2.45) is 5.73 Å². The van der Waals surface area contributed by atoms with Gasteiger partial charge in [-0.3, -0.25) is 0 Å². The summed E-state index contributed by atoms with van der Waals surface area (Å²) in [7, 11) is 0. The van der Waals surface area contributed by atoms with Crippen LogP contribution < -0.4 is 5.73 Å². The fraction of sp³-hybridized carbons (Fsp3) is 0.364. The second-order valence-electron chi connectivity index (χ2n) is 3.10. The molecule has 0 saturated carbocycles. The molecule has 1 rings (SSSR count). The van der Waals surface area contributed by atoms with Crippen LogP contribution >= 0.6 is 0 Å². The first kappa shape index (κ1) is 10.7. The van der Waals surface area contributed by atoms with E-state index in [0.717, 1.165) is 5.56 Å².